The molecule has 0 unspecified atom stereocenters. The van der Waals surface area contributed by atoms with Crippen molar-refractivity contribution in [2.45, 2.75) is 13.0 Å². The smallest absolute Gasteiger partial charge is 0.135 e. The summed E-state index contributed by atoms with van der Waals surface area (Å²) in [4.78, 5) is 0.0720. The van der Waals surface area contributed by atoms with Crippen molar-refractivity contribution in [3.63, 3.8) is 0 Å². The van der Waals surface area contributed by atoms with Crippen LogP contribution in [-0.4, -0.2) is 21.3 Å². The molecule has 0 amide bonds. The second-order valence-electron chi connectivity index (χ2n) is 4.11. The predicted molar refractivity (Wildman–Crippen MR) is 77.6 cm³/mol. The number of halogens is 1. The molecule has 0 aliphatic rings. The Bertz CT molecular complexity index is 554. The number of hydrogen-bond acceptors (Lipinski definition) is 3. The summed E-state index contributed by atoms with van der Waals surface area (Å²) in [5, 5.41) is 7.26. The van der Waals surface area contributed by atoms with E-state index < -0.39 is 5.82 Å². The molecule has 0 saturated heterocycles. The summed E-state index contributed by atoms with van der Waals surface area (Å²) in [5.41, 5.74) is 6.40. The first kappa shape index (κ1) is 13.5. The minimum absolute atomic E-state index is 0.0720. The summed E-state index contributed by atoms with van der Waals surface area (Å²) >= 11 is 4.75. The molecule has 6 heteroatoms. The largest absolute Gasteiger partial charge is 0.389 e. The van der Waals surface area contributed by atoms with Crippen LogP contribution < -0.4 is 11.1 Å². The number of hydrogen-bond donors (Lipinski definition) is 2. The predicted octanol–water partition coefficient (Wildman–Crippen LogP) is 2.16. The molecule has 2 rings (SSSR count). The Labute approximate surface area is 116 Å². The van der Waals surface area contributed by atoms with Crippen LogP contribution in [0.1, 0.15) is 12.0 Å². The van der Waals surface area contributed by atoms with E-state index in [4.69, 9.17) is 18.0 Å². The molecule has 0 spiro atoms. The highest BCUT2D eigenvalue weighted by molar-refractivity contribution is 7.80. The Kier molecular flexibility index (Phi) is 4.46. The SMILES string of the molecule is NC(=S)c1ccc(NCCCn2cccn2)cc1F. The average Bonchev–Trinajstić information content (AvgIpc) is 2.87. The van der Waals surface area contributed by atoms with Gasteiger partial charge in [0.1, 0.15) is 10.8 Å². The van der Waals surface area contributed by atoms with Gasteiger partial charge in [0, 0.05) is 36.7 Å². The number of rotatable bonds is 6. The lowest BCUT2D eigenvalue weighted by atomic mass is 10.2. The highest BCUT2D eigenvalue weighted by Gasteiger charge is 2.05. The van der Waals surface area contributed by atoms with Gasteiger partial charge in [0.25, 0.3) is 0 Å². The third kappa shape index (κ3) is 3.75. The maximum atomic E-state index is 13.6. The molecule has 0 aliphatic carbocycles. The summed E-state index contributed by atoms with van der Waals surface area (Å²) in [6.07, 6.45) is 4.56. The fourth-order valence-corrected chi connectivity index (χ4v) is 1.90. The van der Waals surface area contributed by atoms with Gasteiger partial charge in [0.15, 0.2) is 0 Å². The fourth-order valence-electron chi connectivity index (χ4n) is 1.73. The Morgan fingerprint density at radius 1 is 1.47 bits per heavy atom. The molecule has 0 aliphatic heterocycles. The first-order valence-corrected chi connectivity index (χ1v) is 6.38. The van der Waals surface area contributed by atoms with Crippen LogP contribution >= 0.6 is 12.2 Å². The van der Waals surface area contributed by atoms with E-state index in [9.17, 15) is 4.39 Å². The standard InChI is InChI=1S/C13H15FN4S/c14-12-9-10(3-4-11(12)13(15)19)16-5-1-7-18-8-2-6-17-18/h2-4,6,8-9,16H,1,5,7H2,(H2,15,19). The number of nitrogens with one attached hydrogen (secondary N) is 1. The number of nitrogens with two attached hydrogens (primary N) is 1. The van der Waals surface area contributed by atoms with Crippen LogP contribution in [0.15, 0.2) is 36.7 Å². The fraction of sp³-hybridized carbons (Fsp3) is 0.231. The van der Waals surface area contributed by atoms with Gasteiger partial charge >= 0.3 is 0 Å². The van der Waals surface area contributed by atoms with E-state index in [2.05, 4.69) is 10.4 Å². The Morgan fingerprint density at radius 2 is 2.32 bits per heavy atom. The topological polar surface area (TPSA) is 55.9 Å². The highest BCUT2D eigenvalue weighted by Crippen LogP contribution is 2.14. The molecular weight excluding hydrogens is 263 g/mol. The van der Waals surface area contributed by atoms with Crippen molar-refractivity contribution in [3.8, 4) is 0 Å². The maximum Gasteiger partial charge on any atom is 0.135 e. The van der Waals surface area contributed by atoms with Crippen molar-refractivity contribution in [2.24, 2.45) is 5.73 Å². The van der Waals surface area contributed by atoms with Crippen molar-refractivity contribution in [1.29, 1.82) is 0 Å². The summed E-state index contributed by atoms with van der Waals surface area (Å²) in [7, 11) is 0. The Morgan fingerprint density at radius 3 is 2.95 bits per heavy atom. The summed E-state index contributed by atoms with van der Waals surface area (Å²) < 4.78 is 15.5. The number of aryl methyl sites for hydroxylation is 1. The molecule has 0 fully saturated rings. The van der Waals surface area contributed by atoms with E-state index in [1.54, 1.807) is 18.3 Å². The van der Waals surface area contributed by atoms with Crippen LogP contribution in [-0.2, 0) is 6.54 Å². The number of thiocarbonyl (C=S) groups is 1. The van der Waals surface area contributed by atoms with Crippen LogP contribution in [0.25, 0.3) is 0 Å². The summed E-state index contributed by atoms with van der Waals surface area (Å²) in [5.74, 6) is -0.399. The van der Waals surface area contributed by atoms with Crippen LogP contribution in [0, 0.1) is 5.82 Å². The van der Waals surface area contributed by atoms with Gasteiger partial charge < -0.3 is 11.1 Å². The van der Waals surface area contributed by atoms with E-state index >= 15 is 0 Å². The zero-order valence-electron chi connectivity index (χ0n) is 10.3. The number of nitrogens with zero attached hydrogens (tertiary/aromatic N) is 2. The van der Waals surface area contributed by atoms with Crippen LogP contribution in [0.4, 0.5) is 10.1 Å². The van der Waals surface area contributed by atoms with Gasteiger partial charge in [-0.2, -0.15) is 5.10 Å². The molecular formula is C13H15FN4S. The average molecular weight is 278 g/mol. The van der Waals surface area contributed by atoms with E-state index in [0.717, 1.165) is 25.2 Å². The van der Waals surface area contributed by atoms with E-state index in [1.807, 2.05) is 16.9 Å². The first-order chi connectivity index (χ1) is 9.16. The minimum Gasteiger partial charge on any atom is -0.389 e. The molecule has 100 valence electrons. The zero-order chi connectivity index (χ0) is 13.7. The monoisotopic (exact) mass is 278 g/mol. The molecule has 0 radical (unpaired) electrons. The molecule has 1 aromatic carbocycles. The van der Waals surface area contributed by atoms with E-state index in [1.165, 1.54) is 6.07 Å². The molecule has 19 heavy (non-hydrogen) atoms. The maximum absolute atomic E-state index is 13.6. The van der Waals surface area contributed by atoms with Crippen molar-refractivity contribution < 1.29 is 4.39 Å². The molecule has 1 heterocycles. The van der Waals surface area contributed by atoms with Gasteiger partial charge in [0.2, 0.25) is 0 Å². The van der Waals surface area contributed by atoms with Gasteiger partial charge in [0.05, 0.1) is 0 Å². The first-order valence-electron chi connectivity index (χ1n) is 5.97. The Hall–Kier alpha value is -1.95. The summed E-state index contributed by atoms with van der Waals surface area (Å²) in [6, 6.07) is 6.65. The van der Waals surface area contributed by atoms with Crippen molar-refractivity contribution in [2.75, 3.05) is 11.9 Å². The number of aromatic nitrogens is 2. The highest BCUT2D eigenvalue weighted by atomic mass is 32.1. The third-order valence-electron chi connectivity index (χ3n) is 2.69. The lowest BCUT2D eigenvalue weighted by Crippen LogP contribution is -2.12. The van der Waals surface area contributed by atoms with Crippen LogP contribution in [0.3, 0.4) is 0 Å². The molecule has 4 nitrogen and oxygen atoms in total. The lowest BCUT2D eigenvalue weighted by molar-refractivity contribution is 0.591. The normalized spacial score (nSPS) is 10.4. The second kappa shape index (κ2) is 6.29. The molecule has 0 saturated carbocycles. The van der Waals surface area contributed by atoms with Gasteiger partial charge in [-0.25, -0.2) is 4.39 Å². The van der Waals surface area contributed by atoms with Crippen molar-refractivity contribution >= 4 is 22.9 Å². The van der Waals surface area contributed by atoms with Gasteiger partial charge in [-0.05, 0) is 30.7 Å². The van der Waals surface area contributed by atoms with Gasteiger partial charge in [-0.1, -0.05) is 12.2 Å². The molecule has 0 bridgehead atoms. The van der Waals surface area contributed by atoms with Crippen molar-refractivity contribution in [3.05, 3.63) is 48.0 Å². The molecule has 2 aromatic rings. The van der Waals surface area contributed by atoms with Gasteiger partial charge in [-0.15, -0.1) is 0 Å². The molecule has 1 aromatic heterocycles. The number of anilines is 1. The lowest BCUT2D eigenvalue weighted by Gasteiger charge is -2.08. The molecule has 3 N–H and O–H groups in total. The molecule has 0 atom stereocenters. The number of benzene rings is 1. The van der Waals surface area contributed by atoms with Crippen LogP contribution in [0.2, 0.25) is 0 Å². The van der Waals surface area contributed by atoms with Crippen LogP contribution in [0.5, 0.6) is 0 Å². The van der Waals surface area contributed by atoms with Crippen molar-refractivity contribution in [1.82, 2.24) is 9.78 Å². The van der Waals surface area contributed by atoms with E-state index in [0.29, 0.717) is 0 Å². The zero-order valence-corrected chi connectivity index (χ0v) is 11.2. The summed E-state index contributed by atoms with van der Waals surface area (Å²) in [6.45, 7) is 1.57. The van der Waals surface area contributed by atoms with Gasteiger partial charge in [-0.3, -0.25) is 4.68 Å². The second-order valence-corrected chi connectivity index (χ2v) is 4.55. The van der Waals surface area contributed by atoms with E-state index in [-0.39, 0.29) is 10.6 Å². The minimum atomic E-state index is -0.399. The third-order valence-corrected chi connectivity index (χ3v) is 2.91. The Balaban J connectivity index is 1.83. The quantitative estimate of drug-likeness (QED) is 0.628.